The number of hydrogen-bond acceptors (Lipinski definition) is 3. The van der Waals surface area contributed by atoms with E-state index in [1.54, 1.807) is 13.0 Å². The first-order valence-corrected chi connectivity index (χ1v) is 3.35. The number of anilines is 1. The van der Waals surface area contributed by atoms with Crippen molar-refractivity contribution in [3.05, 3.63) is 23.4 Å². The highest BCUT2D eigenvalue weighted by Gasteiger charge is 2.02. The van der Waals surface area contributed by atoms with E-state index in [-0.39, 0.29) is 0 Å². The zero-order valence-corrected chi connectivity index (χ0v) is 6.53. The second-order valence-electron chi connectivity index (χ2n) is 2.21. The summed E-state index contributed by atoms with van der Waals surface area (Å²) < 4.78 is 0. The number of pyridine rings is 1. The van der Waals surface area contributed by atoms with Crippen molar-refractivity contribution in [2.45, 2.75) is 6.92 Å². The molecule has 4 nitrogen and oxygen atoms in total. The summed E-state index contributed by atoms with van der Waals surface area (Å²) in [5.41, 5.74) is 1.21. The van der Waals surface area contributed by atoms with E-state index in [9.17, 15) is 4.79 Å². The van der Waals surface area contributed by atoms with Crippen LogP contribution in [0.4, 0.5) is 5.82 Å². The number of rotatable bonds is 2. The van der Waals surface area contributed by atoms with Crippen molar-refractivity contribution in [1.82, 2.24) is 4.98 Å². The number of amides is 1. The van der Waals surface area contributed by atoms with Gasteiger partial charge in [0, 0.05) is 11.8 Å². The van der Waals surface area contributed by atoms with Crippen molar-refractivity contribution in [2.75, 3.05) is 5.32 Å². The van der Waals surface area contributed by atoms with E-state index >= 15 is 0 Å². The SMILES string of the molecule is Cc1c(C#N)ccnc1NC=O. The van der Waals surface area contributed by atoms with Crippen LogP contribution in [0, 0.1) is 18.3 Å². The van der Waals surface area contributed by atoms with Gasteiger partial charge in [0.15, 0.2) is 0 Å². The molecule has 1 rings (SSSR count). The van der Waals surface area contributed by atoms with Gasteiger partial charge in [-0.05, 0) is 13.0 Å². The van der Waals surface area contributed by atoms with E-state index in [0.29, 0.717) is 23.4 Å². The topological polar surface area (TPSA) is 65.8 Å². The average molecular weight is 161 g/mol. The zero-order chi connectivity index (χ0) is 8.97. The minimum absolute atomic E-state index is 0.434. The van der Waals surface area contributed by atoms with Crippen LogP contribution >= 0.6 is 0 Å². The Morgan fingerprint density at radius 2 is 2.50 bits per heavy atom. The molecule has 1 aromatic rings. The molecule has 0 saturated heterocycles. The lowest BCUT2D eigenvalue weighted by Gasteiger charge is -2.02. The van der Waals surface area contributed by atoms with Gasteiger partial charge in [-0.1, -0.05) is 0 Å². The molecule has 4 heteroatoms. The highest BCUT2D eigenvalue weighted by Crippen LogP contribution is 2.13. The van der Waals surface area contributed by atoms with Gasteiger partial charge in [-0.2, -0.15) is 5.26 Å². The molecule has 0 spiro atoms. The first-order valence-electron chi connectivity index (χ1n) is 3.35. The molecule has 0 aliphatic carbocycles. The summed E-state index contributed by atoms with van der Waals surface area (Å²) in [5.74, 6) is 0.434. The van der Waals surface area contributed by atoms with Gasteiger partial charge in [0.2, 0.25) is 6.41 Å². The Bertz CT molecular complexity index is 341. The Labute approximate surface area is 69.8 Å². The molecule has 0 bridgehead atoms. The van der Waals surface area contributed by atoms with Gasteiger partial charge in [0.05, 0.1) is 11.6 Å². The molecular weight excluding hydrogens is 154 g/mol. The van der Waals surface area contributed by atoms with E-state index in [1.165, 1.54) is 6.20 Å². The Morgan fingerprint density at radius 3 is 3.08 bits per heavy atom. The van der Waals surface area contributed by atoms with Crippen molar-refractivity contribution in [2.24, 2.45) is 0 Å². The van der Waals surface area contributed by atoms with Gasteiger partial charge in [0.1, 0.15) is 5.82 Å². The highest BCUT2D eigenvalue weighted by molar-refractivity contribution is 5.71. The van der Waals surface area contributed by atoms with Crippen molar-refractivity contribution >= 4 is 12.2 Å². The van der Waals surface area contributed by atoms with E-state index < -0.39 is 0 Å². The third kappa shape index (κ3) is 1.40. The highest BCUT2D eigenvalue weighted by atomic mass is 16.1. The number of nitriles is 1. The van der Waals surface area contributed by atoms with E-state index in [1.807, 2.05) is 6.07 Å². The molecular formula is C8H7N3O. The molecule has 0 aliphatic rings. The van der Waals surface area contributed by atoms with Crippen LogP contribution in [0.3, 0.4) is 0 Å². The molecule has 0 aromatic carbocycles. The van der Waals surface area contributed by atoms with Crippen molar-refractivity contribution in [1.29, 1.82) is 5.26 Å². The minimum atomic E-state index is 0.434. The predicted octanol–water partition coefficient (Wildman–Crippen LogP) is 0.830. The van der Waals surface area contributed by atoms with Crippen LogP contribution in [0.1, 0.15) is 11.1 Å². The molecule has 60 valence electrons. The van der Waals surface area contributed by atoms with Crippen molar-refractivity contribution < 1.29 is 4.79 Å². The third-order valence-electron chi connectivity index (χ3n) is 1.52. The molecule has 0 saturated carbocycles. The summed E-state index contributed by atoms with van der Waals surface area (Å²) in [6.07, 6.45) is 2.02. The van der Waals surface area contributed by atoms with Gasteiger partial charge in [-0.3, -0.25) is 4.79 Å². The summed E-state index contributed by atoms with van der Waals surface area (Å²) in [6.45, 7) is 1.73. The molecule has 12 heavy (non-hydrogen) atoms. The molecule has 0 radical (unpaired) electrons. The standard InChI is InChI=1S/C8H7N3O/c1-6-7(4-9)2-3-10-8(6)11-5-12/h2-3,5H,1H3,(H,10,11,12). The monoisotopic (exact) mass is 161 g/mol. The molecule has 1 amide bonds. The van der Waals surface area contributed by atoms with E-state index in [4.69, 9.17) is 5.26 Å². The van der Waals surface area contributed by atoms with Gasteiger partial charge < -0.3 is 5.32 Å². The maximum absolute atomic E-state index is 10.1. The molecule has 0 unspecified atom stereocenters. The summed E-state index contributed by atoms with van der Waals surface area (Å²) in [5, 5.41) is 11.0. The smallest absolute Gasteiger partial charge is 0.212 e. The van der Waals surface area contributed by atoms with Gasteiger partial charge >= 0.3 is 0 Å². The van der Waals surface area contributed by atoms with Crippen LogP contribution in [-0.4, -0.2) is 11.4 Å². The molecule has 0 fully saturated rings. The Balaban J connectivity index is 3.15. The Morgan fingerprint density at radius 1 is 1.75 bits per heavy atom. The molecule has 0 aliphatic heterocycles. The van der Waals surface area contributed by atoms with Crippen LogP contribution < -0.4 is 5.32 Å². The van der Waals surface area contributed by atoms with Crippen LogP contribution in [0.2, 0.25) is 0 Å². The second kappa shape index (κ2) is 3.49. The van der Waals surface area contributed by atoms with Crippen LogP contribution in [0.25, 0.3) is 0 Å². The summed E-state index contributed by atoms with van der Waals surface area (Å²) in [7, 11) is 0. The van der Waals surface area contributed by atoms with Gasteiger partial charge in [-0.25, -0.2) is 4.98 Å². The summed E-state index contributed by atoms with van der Waals surface area (Å²) in [6, 6.07) is 3.60. The number of carbonyl (C=O) groups is 1. The van der Waals surface area contributed by atoms with Gasteiger partial charge in [-0.15, -0.1) is 0 Å². The first-order chi connectivity index (χ1) is 5.79. The van der Waals surface area contributed by atoms with Crippen LogP contribution in [0.5, 0.6) is 0 Å². The molecule has 1 N–H and O–H groups in total. The quantitative estimate of drug-likeness (QED) is 0.653. The van der Waals surface area contributed by atoms with Gasteiger partial charge in [0.25, 0.3) is 0 Å². The number of nitrogens with zero attached hydrogens (tertiary/aromatic N) is 2. The Hall–Kier alpha value is -1.89. The molecule has 0 atom stereocenters. The normalized spacial score (nSPS) is 8.67. The first kappa shape index (κ1) is 8.21. The third-order valence-corrected chi connectivity index (χ3v) is 1.52. The fraction of sp³-hybridized carbons (Fsp3) is 0.125. The van der Waals surface area contributed by atoms with Crippen molar-refractivity contribution in [3.63, 3.8) is 0 Å². The fourth-order valence-electron chi connectivity index (χ4n) is 0.858. The lowest BCUT2D eigenvalue weighted by atomic mass is 10.1. The largest absolute Gasteiger partial charge is 0.313 e. The van der Waals surface area contributed by atoms with Crippen LogP contribution in [-0.2, 0) is 4.79 Å². The number of aromatic nitrogens is 1. The van der Waals surface area contributed by atoms with E-state index in [2.05, 4.69) is 10.3 Å². The minimum Gasteiger partial charge on any atom is -0.313 e. The molecule has 1 aromatic heterocycles. The van der Waals surface area contributed by atoms with Crippen LogP contribution in [0.15, 0.2) is 12.3 Å². The van der Waals surface area contributed by atoms with E-state index in [0.717, 1.165) is 0 Å². The molecule has 1 heterocycles. The zero-order valence-electron chi connectivity index (χ0n) is 6.53. The number of carbonyl (C=O) groups excluding carboxylic acids is 1. The maximum Gasteiger partial charge on any atom is 0.212 e. The fourth-order valence-corrected chi connectivity index (χ4v) is 0.858. The lowest BCUT2D eigenvalue weighted by molar-refractivity contribution is -0.105. The predicted molar refractivity (Wildman–Crippen MR) is 43.4 cm³/mol. The summed E-state index contributed by atoms with van der Waals surface area (Å²) >= 11 is 0. The summed E-state index contributed by atoms with van der Waals surface area (Å²) in [4.78, 5) is 14.0. The second-order valence-corrected chi connectivity index (χ2v) is 2.21. The van der Waals surface area contributed by atoms with Crippen molar-refractivity contribution in [3.8, 4) is 6.07 Å². The number of nitrogens with one attached hydrogen (secondary N) is 1. The lowest BCUT2D eigenvalue weighted by Crippen LogP contribution is -2.00. The number of hydrogen-bond donors (Lipinski definition) is 1. The maximum atomic E-state index is 10.1. The average Bonchev–Trinajstić information content (AvgIpc) is 2.09. The Kier molecular flexibility index (Phi) is 2.38.